The first-order chi connectivity index (χ1) is 20.2. The molecular weight excluding hydrogens is 562 g/mol. The largest absolute Gasteiger partial charge is 0.444 e. The van der Waals surface area contributed by atoms with Crippen LogP contribution in [-0.4, -0.2) is 53.4 Å². The lowest BCUT2D eigenvalue weighted by molar-refractivity contribution is 0.0635. The molecule has 43 heavy (non-hydrogen) atoms. The number of fused-ring (bicyclic) bond motifs is 1. The Labute approximate surface area is 253 Å². The van der Waals surface area contributed by atoms with Crippen LogP contribution in [0.5, 0.6) is 0 Å². The van der Waals surface area contributed by atoms with Gasteiger partial charge in [0, 0.05) is 39.2 Å². The second kappa shape index (κ2) is 13.0. The number of nitrogens with zero attached hydrogens (tertiary/aromatic N) is 4. The summed E-state index contributed by atoms with van der Waals surface area (Å²) in [5.74, 6) is 0.0299. The summed E-state index contributed by atoms with van der Waals surface area (Å²) in [6.07, 6.45) is -0.602. The number of nitrogens with one attached hydrogen (secondary N) is 1. The molecule has 1 N–H and O–H groups in total. The van der Waals surface area contributed by atoms with Crippen molar-refractivity contribution in [2.75, 3.05) is 23.9 Å². The van der Waals surface area contributed by atoms with E-state index in [2.05, 4.69) is 29.9 Å². The lowest BCUT2D eigenvalue weighted by Gasteiger charge is -2.21. The number of ether oxygens (including phenoxy) is 2. The van der Waals surface area contributed by atoms with Crippen molar-refractivity contribution in [3.8, 4) is 0 Å². The van der Waals surface area contributed by atoms with Crippen molar-refractivity contribution in [1.82, 2.24) is 14.1 Å². The Morgan fingerprint density at radius 1 is 0.977 bits per heavy atom. The molecule has 4 aromatic rings. The van der Waals surface area contributed by atoms with E-state index in [1.165, 1.54) is 15.5 Å². The van der Waals surface area contributed by atoms with Crippen LogP contribution in [0.15, 0.2) is 71.5 Å². The summed E-state index contributed by atoms with van der Waals surface area (Å²) in [7, 11) is 0.386. The maximum Gasteiger partial charge on any atom is 0.413 e. The van der Waals surface area contributed by atoms with E-state index in [1.807, 2.05) is 47.0 Å². The fourth-order valence-corrected chi connectivity index (χ4v) is 5.22. The Hall–Kier alpha value is -4.22. The molecule has 3 heterocycles. The minimum absolute atomic E-state index is 0.117. The number of carbonyl (C=O) groups excluding carboxylic acids is 2. The van der Waals surface area contributed by atoms with Crippen molar-refractivity contribution in [1.29, 1.82) is 0 Å². The predicted molar refractivity (Wildman–Crippen MR) is 173 cm³/mol. The molecule has 10 nitrogen and oxygen atoms in total. The lowest BCUT2D eigenvalue weighted by atomic mass is 10.2. The summed E-state index contributed by atoms with van der Waals surface area (Å²) in [6, 6.07) is 20.4. The number of benzene rings is 1. The van der Waals surface area contributed by atoms with Gasteiger partial charge in [-0.2, -0.15) is 0 Å². The highest BCUT2D eigenvalue weighted by Crippen LogP contribution is 2.23. The van der Waals surface area contributed by atoms with Crippen LogP contribution >= 0.6 is 0 Å². The zero-order chi connectivity index (χ0) is 31.4. The van der Waals surface area contributed by atoms with Gasteiger partial charge in [0.05, 0.1) is 17.6 Å². The molecule has 0 aliphatic heterocycles. The number of carbonyl (C=O) groups is 2. The molecule has 0 aliphatic carbocycles. The van der Waals surface area contributed by atoms with E-state index >= 15 is 0 Å². The molecule has 4 rings (SSSR count). The minimum atomic E-state index is -1.30. The van der Waals surface area contributed by atoms with Crippen molar-refractivity contribution in [3.05, 3.63) is 88.5 Å². The quantitative estimate of drug-likeness (QED) is 0.171. The monoisotopic (exact) mass is 603 g/mol. The van der Waals surface area contributed by atoms with Gasteiger partial charge in [0.2, 0.25) is 0 Å². The van der Waals surface area contributed by atoms with Crippen LogP contribution < -0.4 is 15.8 Å². The standard InChI is InChI=1S/C32H41N5O5Si/c1-32(2,3)42-31(40)34-28-17-16-26-25(33-28)20-24(37(26)22-41-18-19-43(5,6)7)21-36-27(14-11-15-29(36)38)30(39)35(4)23-12-9-8-10-13-23/h8-17,20H,18-19,21-22H2,1-7H3,(H,33,34,40). The molecular formula is C32H41N5O5Si. The Morgan fingerprint density at radius 2 is 1.70 bits per heavy atom. The normalized spacial score (nSPS) is 11.9. The average molecular weight is 604 g/mol. The summed E-state index contributed by atoms with van der Waals surface area (Å²) in [6.45, 7) is 13.2. The van der Waals surface area contributed by atoms with Gasteiger partial charge in [0.1, 0.15) is 23.8 Å². The Balaban J connectivity index is 1.70. The third-order valence-corrected chi connectivity index (χ3v) is 8.43. The number of para-hydroxylation sites is 1. The van der Waals surface area contributed by atoms with Crippen molar-refractivity contribution in [2.24, 2.45) is 0 Å². The number of pyridine rings is 2. The minimum Gasteiger partial charge on any atom is -0.444 e. The third-order valence-electron chi connectivity index (χ3n) is 6.73. The maximum atomic E-state index is 13.6. The molecule has 0 saturated heterocycles. The second-order valence-electron chi connectivity index (χ2n) is 12.7. The van der Waals surface area contributed by atoms with Gasteiger partial charge in [-0.05, 0) is 63.2 Å². The zero-order valence-electron chi connectivity index (χ0n) is 26.0. The molecule has 0 atom stereocenters. The van der Waals surface area contributed by atoms with Gasteiger partial charge in [0.25, 0.3) is 11.5 Å². The van der Waals surface area contributed by atoms with Crippen molar-refractivity contribution in [2.45, 2.75) is 65.3 Å². The van der Waals surface area contributed by atoms with E-state index in [0.29, 0.717) is 17.9 Å². The number of hydrogen-bond donors (Lipinski definition) is 1. The molecule has 11 heteroatoms. The number of anilines is 2. The SMILES string of the molecule is CN(C(=O)c1cccc(=O)n1Cc1cc2nc(NC(=O)OC(C)(C)C)ccc2n1COCC[Si](C)(C)C)c1ccccc1. The number of aromatic nitrogens is 3. The van der Waals surface area contributed by atoms with Crippen LogP contribution in [0, 0.1) is 0 Å². The van der Waals surface area contributed by atoms with Gasteiger partial charge in [-0.3, -0.25) is 19.5 Å². The van der Waals surface area contributed by atoms with E-state index in [9.17, 15) is 14.4 Å². The molecule has 228 valence electrons. The Bertz CT molecular complexity index is 1650. The first kappa shape index (κ1) is 31.7. The first-order valence-corrected chi connectivity index (χ1v) is 18.0. The van der Waals surface area contributed by atoms with Gasteiger partial charge in [-0.15, -0.1) is 0 Å². The summed E-state index contributed by atoms with van der Waals surface area (Å²) in [5, 5.41) is 2.69. The van der Waals surface area contributed by atoms with Crippen molar-refractivity contribution >= 4 is 42.6 Å². The van der Waals surface area contributed by atoms with E-state index in [1.54, 1.807) is 46.0 Å². The highest BCUT2D eigenvalue weighted by Gasteiger charge is 2.21. The van der Waals surface area contributed by atoms with Gasteiger partial charge < -0.3 is 18.9 Å². The average Bonchev–Trinajstić information content (AvgIpc) is 3.26. The van der Waals surface area contributed by atoms with Crippen LogP contribution in [0.3, 0.4) is 0 Å². The topological polar surface area (TPSA) is 108 Å². The summed E-state index contributed by atoms with van der Waals surface area (Å²) in [4.78, 5) is 45.3. The molecule has 0 spiro atoms. The first-order valence-electron chi connectivity index (χ1n) is 14.3. The van der Waals surface area contributed by atoms with Crippen molar-refractivity contribution in [3.63, 3.8) is 0 Å². The number of hydrogen-bond acceptors (Lipinski definition) is 6. The van der Waals surface area contributed by atoms with Crippen LogP contribution in [0.1, 0.15) is 37.0 Å². The molecule has 0 aliphatic rings. The van der Waals surface area contributed by atoms with Gasteiger partial charge in [0.15, 0.2) is 0 Å². The van der Waals surface area contributed by atoms with E-state index in [4.69, 9.17) is 9.47 Å². The number of amides is 2. The molecule has 0 bridgehead atoms. The summed E-state index contributed by atoms with van der Waals surface area (Å²) < 4.78 is 14.9. The maximum absolute atomic E-state index is 13.6. The molecule has 0 fully saturated rings. The molecule has 0 saturated carbocycles. The van der Waals surface area contributed by atoms with Gasteiger partial charge in [-0.1, -0.05) is 43.9 Å². The van der Waals surface area contributed by atoms with E-state index in [-0.39, 0.29) is 30.4 Å². The van der Waals surface area contributed by atoms with Crippen LogP contribution in [0.2, 0.25) is 25.7 Å². The molecule has 2 amide bonds. The Kier molecular flexibility index (Phi) is 9.56. The van der Waals surface area contributed by atoms with Crippen molar-refractivity contribution < 1.29 is 19.1 Å². The highest BCUT2D eigenvalue weighted by molar-refractivity contribution is 6.76. The summed E-state index contributed by atoms with van der Waals surface area (Å²) in [5.41, 5.74) is 2.14. The molecule has 0 radical (unpaired) electrons. The molecule has 1 aromatic carbocycles. The second-order valence-corrected chi connectivity index (χ2v) is 18.3. The zero-order valence-corrected chi connectivity index (χ0v) is 27.0. The van der Waals surface area contributed by atoms with Gasteiger partial charge >= 0.3 is 6.09 Å². The fraction of sp³-hybridized carbons (Fsp3) is 0.375. The van der Waals surface area contributed by atoms with Crippen LogP contribution in [0.25, 0.3) is 11.0 Å². The van der Waals surface area contributed by atoms with E-state index in [0.717, 1.165) is 22.9 Å². The predicted octanol–water partition coefficient (Wildman–Crippen LogP) is 6.18. The van der Waals surface area contributed by atoms with Gasteiger partial charge in [-0.25, -0.2) is 9.78 Å². The number of rotatable bonds is 10. The summed E-state index contributed by atoms with van der Waals surface area (Å²) >= 11 is 0. The molecule has 3 aromatic heterocycles. The third kappa shape index (κ3) is 8.42. The fourth-order valence-electron chi connectivity index (χ4n) is 4.46. The smallest absolute Gasteiger partial charge is 0.413 e. The lowest BCUT2D eigenvalue weighted by Crippen LogP contribution is -2.34. The highest BCUT2D eigenvalue weighted by atomic mass is 28.3. The van der Waals surface area contributed by atoms with E-state index < -0.39 is 19.8 Å². The molecule has 0 unspecified atom stereocenters. The Morgan fingerprint density at radius 3 is 2.37 bits per heavy atom. The van der Waals surface area contributed by atoms with Crippen LogP contribution in [-0.2, 0) is 22.7 Å². The van der Waals surface area contributed by atoms with Crippen LogP contribution in [0.4, 0.5) is 16.3 Å².